The van der Waals surface area contributed by atoms with Crippen LogP contribution in [0.5, 0.6) is 0 Å². The minimum Gasteiger partial charge on any atom is -0.396 e. The van der Waals surface area contributed by atoms with Crippen LogP contribution < -0.4 is 4.72 Å². The minimum atomic E-state index is -3.61. The monoisotopic (exact) mass is 309 g/mol. The number of nitrogens with one attached hydrogen (secondary N) is 1. The van der Waals surface area contributed by atoms with Crippen LogP contribution in [0.15, 0.2) is 35.4 Å². The number of aromatic nitrogens is 2. The van der Waals surface area contributed by atoms with Crippen molar-refractivity contribution in [3.05, 3.63) is 41.7 Å². The molecular weight excluding hydrogens is 290 g/mol. The molecule has 114 valence electrons. The summed E-state index contributed by atoms with van der Waals surface area (Å²) in [4.78, 5) is 0.207. The topological polar surface area (TPSA) is 84.2 Å². The number of aliphatic hydroxyl groups is 1. The average Bonchev–Trinajstić information content (AvgIpc) is 2.74. The second kappa shape index (κ2) is 6.28. The van der Waals surface area contributed by atoms with E-state index in [0.717, 1.165) is 12.0 Å². The van der Waals surface area contributed by atoms with Crippen molar-refractivity contribution in [2.45, 2.75) is 24.7 Å². The Kier molecular flexibility index (Phi) is 4.64. The molecule has 0 unspecified atom stereocenters. The molecule has 2 N–H and O–H groups in total. The van der Waals surface area contributed by atoms with Gasteiger partial charge in [0.15, 0.2) is 0 Å². The van der Waals surface area contributed by atoms with E-state index in [1.54, 1.807) is 49.1 Å². The Balaban J connectivity index is 2.17. The highest BCUT2D eigenvalue weighted by atomic mass is 32.2. The van der Waals surface area contributed by atoms with Crippen LogP contribution in [0.2, 0.25) is 0 Å². The highest BCUT2D eigenvalue weighted by molar-refractivity contribution is 7.92. The molecule has 6 nitrogen and oxygen atoms in total. The lowest BCUT2D eigenvalue weighted by Crippen LogP contribution is -2.13. The molecule has 2 rings (SSSR count). The molecule has 0 amide bonds. The molecule has 0 radical (unpaired) electrons. The Labute approximate surface area is 124 Å². The lowest BCUT2D eigenvalue weighted by atomic mass is 10.1. The SMILES string of the molecule is Cc1nn(C)cc1NS(=O)(=O)c1ccc(CCCO)cc1. The van der Waals surface area contributed by atoms with Crippen LogP contribution in [-0.4, -0.2) is 29.9 Å². The van der Waals surface area contributed by atoms with Gasteiger partial charge in [0.05, 0.1) is 16.3 Å². The summed E-state index contributed by atoms with van der Waals surface area (Å²) >= 11 is 0. The van der Waals surface area contributed by atoms with Gasteiger partial charge in [-0.2, -0.15) is 5.10 Å². The van der Waals surface area contributed by atoms with Gasteiger partial charge in [0.25, 0.3) is 10.0 Å². The van der Waals surface area contributed by atoms with Crippen molar-refractivity contribution in [2.75, 3.05) is 11.3 Å². The zero-order valence-corrected chi connectivity index (χ0v) is 12.9. The Morgan fingerprint density at radius 2 is 1.95 bits per heavy atom. The van der Waals surface area contributed by atoms with E-state index in [2.05, 4.69) is 9.82 Å². The molecule has 0 saturated heterocycles. The Morgan fingerprint density at radius 3 is 2.48 bits per heavy atom. The van der Waals surface area contributed by atoms with E-state index in [1.807, 2.05) is 0 Å². The van der Waals surface area contributed by atoms with E-state index in [1.165, 1.54) is 0 Å². The maximum Gasteiger partial charge on any atom is 0.262 e. The maximum atomic E-state index is 12.3. The van der Waals surface area contributed by atoms with E-state index in [4.69, 9.17) is 5.11 Å². The van der Waals surface area contributed by atoms with Crippen LogP contribution in [0, 0.1) is 6.92 Å². The van der Waals surface area contributed by atoms with Gasteiger partial charge in [-0.3, -0.25) is 9.40 Å². The summed E-state index contributed by atoms with van der Waals surface area (Å²) in [6.07, 6.45) is 3.02. The molecule has 21 heavy (non-hydrogen) atoms. The van der Waals surface area contributed by atoms with Crippen LogP contribution in [0.25, 0.3) is 0 Å². The number of hydrogen-bond donors (Lipinski definition) is 2. The molecule has 0 spiro atoms. The summed E-state index contributed by atoms with van der Waals surface area (Å²) in [6, 6.07) is 6.67. The van der Waals surface area contributed by atoms with Crippen molar-refractivity contribution in [3.63, 3.8) is 0 Å². The maximum absolute atomic E-state index is 12.3. The summed E-state index contributed by atoms with van der Waals surface area (Å²) in [7, 11) is -1.88. The molecule has 0 bridgehead atoms. The van der Waals surface area contributed by atoms with Crippen molar-refractivity contribution in [1.29, 1.82) is 0 Å². The fraction of sp³-hybridized carbons (Fsp3) is 0.357. The van der Waals surface area contributed by atoms with Crippen LogP contribution in [0.4, 0.5) is 5.69 Å². The number of rotatable bonds is 6. The molecular formula is C14H19N3O3S. The first kappa shape index (κ1) is 15.5. The van der Waals surface area contributed by atoms with E-state index in [0.29, 0.717) is 17.8 Å². The van der Waals surface area contributed by atoms with Gasteiger partial charge in [0.2, 0.25) is 0 Å². The van der Waals surface area contributed by atoms with E-state index >= 15 is 0 Å². The number of aliphatic hydroxyl groups excluding tert-OH is 1. The van der Waals surface area contributed by atoms with Crippen LogP contribution >= 0.6 is 0 Å². The van der Waals surface area contributed by atoms with E-state index in [-0.39, 0.29) is 11.5 Å². The highest BCUT2D eigenvalue weighted by Crippen LogP contribution is 2.19. The zero-order valence-electron chi connectivity index (χ0n) is 12.1. The van der Waals surface area contributed by atoms with E-state index < -0.39 is 10.0 Å². The number of nitrogens with zero attached hydrogens (tertiary/aromatic N) is 2. The van der Waals surface area contributed by atoms with Gasteiger partial charge in [0.1, 0.15) is 0 Å². The first-order chi connectivity index (χ1) is 9.92. The summed E-state index contributed by atoms with van der Waals surface area (Å²) in [5, 5.41) is 12.9. The number of hydrogen-bond acceptors (Lipinski definition) is 4. The lowest BCUT2D eigenvalue weighted by Gasteiger charge is -2.07. The zero-order chi connectivity index (χ0) is 15.5. The second-order valence-electron chi connectivity index (χ2n) is 4.88. The Hall–Kier alpha value is -1.86. The molecule has 2 aromatic rings. The molecule has 1 aromatic carbocycles. The first-order valence-corrected chi connectivity index (χ1v) is 8.13. The smallest absolute Gasteiger partial charge is 0.262 e. The van der Waals surface area contributed by atoms with Crippen LogP contribution in [0.1, 0.15) is 17.7 Å². The normalized spacial score (nSPS) is 11.6. The largest absolute Gasteiger partial charge is 0.396 e. The quantitative estimate of drug-likeness (QED) is 0.846. The summed E-state index contributed by atoms with van der Waals surface area (Å²) in [5.41, 5.74) is 2.10. The molecule has 0 fully saturated rings. The number of anilines is 1. The van der Waals surface area contributed by atoms with Crippen molar-refractivity contribution in [3.8, 4) is 0 Å². The fourth-order valence-electron chi connectivity index (χ4n) is 2.02. The molecule has 0 aliphatic rings. The highest BCUT2D eigenvalue weighted by Gasteiger charge is 2.16. The number of sulfonamides is 1. The fourth-order valence-corrected chi connectivity index (χ4v) is 3.12. The van der Waals surface area contributed by atoms with E-state index in [9.17, 15) is 8.42 Å². The molecule has 7 heteroatoms. The average molecular weight is 309 g/mol. The lowest BCUT2D eigenvalue weighted by molar-refractivity contribution is 0.288. The van der Waals surface area contributed by atoms with Crippen LogP contribution in [0.3, 0.4) is 0 Å². The molecule has 1 aromatic heterocycles. The minimum absolute atomic E-state index is 0.127. The van der Waals surface area contributed by atoms with Gasteiger partial charge < -0.3 is 5.11 Å². The standard InChI is InChI=1S/C14H19N3O3S/c1-11-14(10-17(2)15-11)16-21(19,20)13-7-5-12(6-8-13)4-3-9-18/h5-8,10,16,18H,3-4,9H2,1-2H3. The molecule has 0 saturated carbocycles. The Bertz CT molecular complexity index is 706. The van der Waals surface area contributed by atoms with Crippen molar-refractivity contribution in [2.24, 2.45) is 7.05 Å². The summed E-state index contributed by atoms with van der Waals surface area (Å²) in [5.74, 6) is 0. The molecule has 0 aliphatic carbocycles. The van der Waals surface area contributed by atoms with Crippen molar-refractivity contribution < 1.29 is 13.5 Å². The van der Waals surface area contributed by atoms with Gasteiger partial charge in [-0.25, -0.2) is 8.42 Å². The van der Waals surface area contributed by atoms with Crippen LogP contribution in [-0.2, 0) is 23.5 Å². The van der Waals surface area contributed by atoms with Gasteiger partial charge in [-0.1, -0.05) is 12.1 Å². The van der Waals surface area contributed by atoms with Gasteiger partial charge in [-0.15, -0.1) is 0 Å². The summed E-state index contributed by atoms with van der Waals surface area (Å²) < 4.78 is 28.7. The Morgan fingerprint density at radius 1 is 1.29 bits per heavy atom. The third kappa shape index (κ3) is 3.83. The molecule has 1 heterocycles. The van der Waals surface area contributed by atoms with Gasteiger partial charge in [0, 0.05) is 19.9 Å². The third-order valence-corrected chi connectivity index (χ3v) is 4.50. The van der Waals surface area contributed by atoms with Crippen molar-refractivity contribution >= 4 is 15.7 Å². The molecule has 0 aliphatic heterocycles. The summed E-state index contributed by atoms with van der Waals surface area (Å²) in [6.45, 7) is 1.87. The molecule has 0 atom stereocenters. The van der Waals surface area contributed by atoms with Crippen molar-refractivity contribution in [1.82, 2.24) is 9.78 Å². The third-order valence-electron chi connectivity index (χ3n) is 3.11. The number of benzene rings is 1. The predicted molar refractivity (Wildman–Crippen MR) is 80.6 cm³/mol. The van der Waals surface area contributed by atoms with Gasteiger partial charge >= 0.3 is 0 Å². The predicted octanol–water partition coefficient (Wildman–Crippen LogP) is 1.45. The second-order valence-corrected chi connectivity index (χ2v) is 6.56. The van der Waals surface area contributed by atoms with Gasteiger partial charge in [-0.05, 0) is 37.5 Å². The first-order valence-electron chi connectivity index (χ1n) is 6.65. The number of aryl methyl sites for hydroxylation is 3.